The van der Waals surface area contributed by atoms with E-state index in [0.29, 0.717) is 37.4 Å². The number of hydrogen-bond acceptors (Lipinski definition) is 12. The van der Waals surface area contributed by atoms with Gasteiger partial charge in [0, 0.05) is 11.6 Å². The standard InChI is InChI=1S/C36H27BrN4O10S/c1-4-50-35(43)30-31(21-8-6-5-7-9-21)38-36-39(32(30)22-10-13-24(48-2)14-11-22)34(42)29(52-36)18-20-16-25(37)33(28(17-20)49-3)51-27-15-12-23(40(44)45)19-26(27)41(46)47/h5-19,32H,4H2,1-3H3/b29-18-/t32-/m1/s1. The number of nitro groups is 2. The minimum absolute atomic E-state index is 0.0594. The van der Waals surface area contributed by atoms with Crippen LogP contribution in [0.1, 0.15) is 29.7 Å². The monoisotopic (exact) mass is 786 g/mol. The number of carbonyl (C=O) groups is 1. The van der Waals surface area contributed by atoms with E-state index in [1.165, 1.54) is 11.7 Å². The second-order valence-corrected chi connectivity index (χ2v) is 12.9. The van der Waals surface area contributed by atoms with E-state index < -0.39 is 38.8 Å². The second kappa shape index (κ2) is 15.0. The maximum atomic E-state index is 14.3. The molecule has 1 aliphatic rings. The van der Waals surface area contributed by atoms with Crippen molar-refractivity contribution in [3.8, 4) is 23.0 Å². The van der Waals surface area contributed by atoms with Gasteiger partial charge in [0.2, 0.25) is 5.75 Å². The Morgan fingerprint density at radius 3 is 2.33 bits per heavy atom. The van der Waals surface area contributed by atoms with Crippen LogP contribution in [0.5, 0.6) is 23.0 Å². The van der Waals surface area contributed by atoms with Gasteiger partial charge >= 0.3 is 11.7 Å². The van der Waals surface area contributed by atoms with Gasteiger partial charge in [-0.25, -0.2) is 9.79 Å². The molecule has 6 rings (SSSR count). The number of rotatable bonds is 11. The SMILES string of the molecule is CCOC(=O)C1=C(c2ccccc2)N=c2s/c(=C\c3cc(Br)c(Oc4ccc([N+](=O)[O-])cc4[N+](=O)[O-])c(OC)c3)c(=O)n2[C@@H]1c1ccc(OC)cc1. The molecular formula is C36H27BrN4O10S. The highest BCUT2D eigenvalue weighted by molar-refractivity contribution is 9.10. The van der Waals surface area contributed by atoms with E-state index in [9.17, 15) is 29.8 Å². The highest BCUT2D eigenvalue weighted by Gasteiger charge is 2.35. The lowest BCUT2D eigenvalue weighted by Gasteiger charge is -2.26. The smallest absolute Gasteiger partial charge is 0.338 e. The van der Waals surface area contributed by atoms with Crippen molar-refractivity contribution in [2.75, 3.05) is 20.8 Å². The molecule has 5 aromatic rings. The highest BCUT2D eigenvalue weighted by Crippen LogP contribution is 2.43. The summed E-state index contributed by atoms with van der Waals surface area (Å²) in [4.78, 5) is 54.6. The summed E-state index contributed by atoms with van der Waals surface area (Å²) in [5, 5.41) is 22.9. The average molecular weight is 788 g/mol. The van der Waals surface area contributed by atoms with Crippen LogP contribution in [-0.2, 0) is 9.53 Å². The van der Waals surface area contributed by atoms with E-state index in [1.807, 2.05) is 30.3 Å². The average Bonchev–Trinajstić information content (AvgIpc) is 3.45. The predicted molar refractivity (Wildman–Crippen MR) is 195 cm³/mol. The molecule has 52 heavy (non-hydrogen) atoms. The topological polar surface area (TPSA) is 175 Å². The molecule has 264 valence electrons. The van der Waals surface area contributed by atoms with Crippen molar-refractivity contribution in [3.63, 3.8) is 0 Å². The maximum Gasteiger partial charge on any atom is 0.338 e. The lowest BCUT2D eigenvalue weighted by atomic mass is 9.93. The van der Waals surface area contributed by atoms with Crippen molar-refractivity contribution in [1.29, 1.82) is 0 Å². The molecule has 0 bridgehead atoms. The molecule has 2 heterocycles. The van der Waals surface area contributed by atoms with Crippen molar-refractivity contribution in [1.82, 2.24) is 4.57 Å². The van der Waals surface area contributed by atoms with Crippen LogP contribution >= 0.6 is 27.3 Å². The zero-order chi connectivity index (χ0) is 37.1. The van der Waals surface area contributed by atoms with Gasteiger partial charge < -0.3 is 18.9 Å². The number of carbonyl (C=O) groups excluding carboxylic acids is 1. The van der Waals surface area contributed by atoms with Crippen LogP contribution in [0.15, 0.2) is 105 Å². The Hall–Kier alpha value is -6.13. The Kier molecular flexibility index (Phi) is 10.3. The summed E-state index contributed by atoms with van der Waals surface area (Å²) in [6, 6.07) is 21.5. The molecule has 0 saturated carbocycles. The number of ether oxygens (including phenoxy) is 4. The van der Waals surface area contributed by atoms with Gasteiger partial charge in [-0.2, -0.15) is 0 Å². The Labute approximate surface area is 306 Å². The Morgan fingerprint density at radius 1 is 0.962 bits per heavy atom. The Bertz CT molecular complexity index is 2440. The fourth-order valence-electron chi connectivity index (χ4n) is 5.57. The first-order valence-corrected chi connectivity index (χ1v) is 17.1. The molecule has 14 nitrogen and oxygen atoms in total. The number of fused-ring (bicyclic) bond motifs is 1. The number of hydrogen-bond donors (Lipinski definition) is 0. The number of benzene rings is 4. The molecule has 0 radical (unpaired) electrons. The molecule has 0 unspecified atom stereocenters. The summed E-state index contributed by atoms with van der Waals surface area (Å²) in [6.45, 7) is 1.81. The zero-order valence-corrected chi connectivity index (χ0v) is 30.0. The van der Waals surface area contributed by atoms with Crippen LogP contribution in [0.2, 0.25) is 0 Å². The van der Waals surface area contributed by atoms with E-state index in [4.69, 9.17) is 23.9 Å². The highest BCUT2D eigenvalue weighted by atomic mass is 79.9. The van der Waals surface area contributed by atoms with Crippen LogP contribution in [0.4, 0.5) is 11.4 Å². The van der Waals surface area contributed by atoms with Crippen molar-refractivity contribution in [2.45, 2.75) is 13.0 Å². The van der Waals surface area contributed by atoms with E-state index in [2.05, 4.69) is 15.9 Å². The summed E-state index contributed by atoms with van der Waals surface area (Å²) < 4.78 is 24.3. The van der Waals surface area contributed by atoms with Gasteiger partial charge in [-0.1, -0.05) is 53.8 Å². The van der Waals surface area contributed by atoms with Crippen molar-refractivity contribution >= 4 is 56.4 Å². The molecule has 16 heteroatoms. The third-order valence-electron chi connectivity index (χ3n) is 7.92. The summed E-state index contributed by atoms with van der Waals surface area (Å²) in [5.74, 6) is -0.0629. The lowest BCUT2D eigenvalue weighted by Crippen LogP contribution is -2.40. The molecular weight excluding hydrogens is 760 g/mol. The van der Waals surface area contributed by atoms with Gasteiger partial charge in [0.05, 0.1) is 63.1 Å². The van der Waals surface area contributed by atoms with Crippen molar-refractivity contribution < 1.29 is 33.6 Å². The zero-order valence-electron chi connectivity index (χ0n) is 27.6. The number of aromatic nitrogens is 1. The van der Waals surface area contributed by atoms with E-state index in [1.54, 1.807) is 56.5 Å². The van der Waals surface area contributed by atoms with Gasteiger partial charge in [-0.05, 0) is 70.4 Å². The number of esters is 1. The third-order valence-corrected chi connectivity index (χ3v) is 9.49. The lowest BCUT2D eigenvalue weighted by molar-refractivity contribution is -0.394. The number of thiazole rings is 1. The second-order valence-electron chi connectivity index (χ2n) is 11.0. The number of nitrogens with zero attached hydrogens (tertiary/aromatic N) is 4. The van der Waals surface area contributed by atoms with E-state index >= 15 is 0 Å². The van der Waals surface area contributed by atoms with Crippen LogP contribution in [0.3, 0.4) is 0 Å². The largest absolute Gasteiger partial charge is 0.497 e. The number of methoxy groups -OCH3 is 2. The summed E-state index contributed by atoms with van der Waals surface area (Å²) in [6.07, 6.45) is 1.62. The quantitative estimate of drug-likeness (QED) is 0.0837. The van der Waals surface area contributed by atoms with Crippen LogP contribution in [0, 0.1) is 20.2 Å². The number of halogens is 1. The number of non-ortho nitro benzene ring substituents is 1. The molecule has 0 spiro atoms. The molecule has 0 fully saturated rings. The maximum absolute atomic E-state index is 14.3. The van der Waals surface area contributed by atoms with Crippen molar-refractivity contribution in [3.05, 3.63) is 152 Å². The van der Waals surface area contributed by atoms with Crippen LogP contribution < -0.4 is 29.1 Å². The number of nitro benzene ring substituents is 2. The van der Waals surface area contributed by atoms with Gasteiger partial charge in [-0.15, -0.1) is 0 Å². The summed E-state index contributed by atoms with van der Waals surface area (Å²) in [7, 11) is 2.91. The normalized spacial score (nSPS) is 13.9. The van der Waals surface area contributed by atoms with Gasteiger partial charge in [0.1, 0.15) is 5.75 Å². The Morgan fingerprint density at radius 2 is 1.69 bits per heavy atom. The third kappa shape index (κ3) is 6.93. The summed E-state index contributed by atoms with van der Waals surface area (Å²) >= 11 is 4.56. The fourth-order valence-corrected chi connectivity index (χ4v) is 7.12. The first-order chi connectivity index (χ1) is 25.0. The van der Waals surface area contributed by atoms with Crippen LogP contribution in [-0.4, -0.2) is 41.2 Å². The molecule has 1 aliphatic heterocycles. The molecule has 0 N–H and O–H groups in total. The van der Waals surface area contributed by atoms with Gasteiger partial charge in [0.25, 0.3) is 11.2 Å². The predicted octanol–water partition coefficient (Wildman–Crippen LogP) is 6.32. The fraction of sp³-hybridized carbons (Fsp3) is 0.139. The summed E-state index contributed by atoms with van der Waals surface area (Å²) in [5.41, 5.74) is 0.856. The van der Waals surface area contributed by atoms with Gasteiger partial charge in [-0.3, -0.25) is 29.6 Å². The molecule has 1 aromatic heterocycles. The first-order valence-electron chi connectivity index (χ1n) is 15.4. The van der Waals surface area contributed by atoms with Crippen LogP contribution in [0.25, 0.3) is 11.8 Å². The molecule has 4 aromatic carbocycles. The molecule has 0 aliphatic carbocycles. The minimum atomic E-state index is -0.895. The Balaban J connectivity index is 1.51. The van der Waals surface area contributed by atoms with E-state index in [0.717, 1.165) is 29.5 Å². The van der Waals surface area contributed by atoms with Crippen molar-refractivity contribution in [2.24, 2.45) is 4.99 Å². The molecule has 0 amide bonds. The minimum Gasteiger partial charge on any atom is -0.497 e. The van der Waals surface area contributed by atoms with Gasteiger partial charge in [0.15, 0.2) is 16.3 Å². The molecule has 1 atom stereocenters. The first kappa shape index (κ1) is 35.7. The van der Waals surface area contributed by atoms with E-state index in [-0.39, 0.29) is 34.0 Å². The molecule has 0 saturated heterocycles.